The zero-order valence-electron chi connectivity index (χ0n) is 15.7. The zero-order valence-corrected chi connectivity index (χ0v) is 18.1. The molecule has 0 fully saturated rings. The first-order chi connectivity index (χ1) is 13.3. The van der Waals surface area contributed by atoms with E-state index in [0.717, 1.165) is 8.78 Å². The second kappa shape index (κ2) is 9.84. The lowest BCUT2D eigenvalue weighted by atomic mass is 10.2. The predicted molar refractivity (Wildman–Crippen MR) is 111 cm³/mol. The van der Waals surface area contributed by atoms with E-state index in [9.17, 15) is 18.0 Å². The van der Waals surface area contributed by atoms with Gasteiger partial charge < -0.3 is 4.74 Å². The highest BCUT2D eigenvalue weighted by Gasteiger charge is 2.30. The molecular weight excluding hydrogens is 446 g/mol. The number of hydrogen-bond acceptors (Lipinski definition) is 5. The number of esters is 1. The third kappa shape index (κ3) is 5.42. The summed E-state index contributed by atoms with van der Waals surface area (Å²) in [6.45, 7) is 3.67. The number of anilines is 1. The van der Waals surface area contributed by atoms with Gasteiger partial charge in [-0.25, -0.2) is 12.7 Å². The fourth-order valence-corrected chi connectivity index (χ4v) is 4.19. The number of amides is 1. The van der Waals surface area contributed by atoms with Crippen molar-refractivity contribution >= 4 is 43.5 Å². The van der Waals surface area contributed by atoms with Crippen molar-refractivity contribution in [1.82, 2.24) is 0 Å². The number of carbonyl (C=O) groups excluding carboxylic acids is 2. The molecule has 0 heterocycles. The number of rotatable bonds is 8. The second-order valence-corrected chi connectivity index (χ2v) is 8.79. The Morgan fingerprint density at radius 2 is 1.50 bits per heavy atom. The van der Waals surface area contributed by atoms with E-state index in [1.165, 1.54) is 36.4 Å². The summed E-state index contributed by atoms with van der Waals surface area (Å²) >= 11 is 3.27. The molecule has 2 rings (SSSR count). The van der Waals surface area contributed by atoms with Gasteiger partial charge in [-0.15, -0.1) is 0 Å². The van der Waals surface area contributed by atoms with Crippen LogP contribution in [0, 0.1) is 0 Å². The molecule has 1 amide bonds. The summed E-state index contributed by atoms with van der Waals surface area (Å²) in [5, 5.41) is 0. The van der Waals surface area contributed by atoms with Crippen LogP contribution in [0.1, 0.15) is 39.5 Å². The smallest absolute Gasteiger partial charge is 0.311 e. The second-order valence-electron chi connectivity index (χ2n) is 6.09. The van der Waals surface area contributed by atoms with Crippen molar-refractivity contribution in [3.05, 3.63) is 53.0 Å². The topological polar surface area (TPSA) is 80.8 Å². The Morgan fingerprint density at radius 1 is 0.929 bits per heavy atom. The van der Waals surface area contributed by atoms with Crippen LogP contribution in [0.25, 0.3) is 0 Å². The third-order valence-corrected chi connectivity index (χ3v) is 6.09. The van der Waals surface area contributed by atoms with Gasteiger partial charge in [0.05, 0.1) is 10.6 Å². The summed E-state index contributed by atoms with van der Waals surface area (Å²) in [4.78, 5) is 24.3. The molecule has 0 atom stereocenters. The van der Waals surface area contributed by atoms with Gasteiger partial charge in [0.1, 0.15) is 5.75 Å². The molecule has 0 aliphatic heterocycles. The predicted octanol–water partition coefficient (Wildman–Crippen LogP) is 4.68. The minimum atomic E-state index is -4.08. The van der Waals surface area contributed by atoms with Crippen LogP contribution in [0.15, 0.2) is 57.9 Å². The lowest BCUT2D eigenvalue weighted by Crippen LogP contribution is -2.36. The van der Waals surface area contributed by atoms with Crippen LogP contribution >= 0.6 is 15.9 Å². The van der Waals surface area contributed by atoms with Crippen LogP contribution in [0.3, 0.4) is 0 Å². The van der Waals surface area contributed by atoms with E-state index in [4.69, 9.17) is 4.74 Å². The van der Waals surface area contributed by atoms with Crippen molar-refractivity contribution in [3.8, 4) is 5.75 Å². The normalized spacial score (nSPS) is 11.1. The summed E-state index contributed by atoms with van der Waals surface area (Å²) in [6, 6.07) is 12.0. The van der Waals surface area contributed by atoms with Gasteiger partial charge in [-0.2, -0.15) is 0 Å². The van der Waals surface area contributed by atoms with Gasteiger partial charge in [0.2, 0.25) is 5.91 Å². The maximum Gasteiger partial charge on any atom is 0.311 e. The van der Waals surface area contributed by atoms with Crippen LogP contribution in [0.2, 0.25) is 0 Å². The average molecular weight is 468 g/mol. The molecule has 0 aliphatic carbocycles. The van der Waals surface area contributed by atoms with Crippen molar-refractivity contribution in [1.29, 1.82) is 0 Å². The number of nitrogens with zero attached hydrogens (tertiary/aromatic N) is 1. The number of halogens is 1. The molecule has 0 saturated heterocycles. The lowest BCUT2D eigenvalue weighted by molar-refractivity contribution is -0.134. The summed E-state index contributed by atoms with van der Waals surface area (Å²) in [6.07, 6.45) is 1.56. The number of sulfonamides is 1. The van der Waals surface area contributed by atoms with Gasteiger partial charge in [0.25, 0.3) is 10.0 Å². The molecule has 2 aromatic carbocycles. The van der Waals surface area contributed by atoms with Crippen molar-refractivity contribution in [2.75, 3.05) is 4.31 Å². The maximum absolute atomic E-state index is 13.1. The summed E-state index contributed by atoms with van der Waals surface area (Å²) in [5.41, 5.74) is 0.191. The Bertz CT molecular complexity index is 924. The van der Waals surface area contributed by atoms with E-state index in [0.29, 0.717) is 25.0 Å². The van der Waals surface area contributed by atoms with Gasteiger partial charge in [-0.05, 0) is 61.4 Å². The fraction of sp³-hybridized carbons (Fsp3) is 0.300. The summed E-state index contributed by atoms with van der Waals surface area (Å²) in [5.74, 6) is -0.594. The number of benzene rings is 2. The molecule has 0 unspecified atom stereocenters. The van der Waals surface area contributed by atoms with Gasteiger partial charge in [0, 0.05) is 17.3 Å². The first kappa shape index (κ1) is 22.1. The van der Waals surface area contributed by atoms with E-state index in [1.807, 2.05) is 6.92 Å². The Kier molecular flexibility index (Phi) is 7.77. The molecule has 0 radical (unpaired) electrons. The molecule has 0 bridgehead atoms. The Morgan fingerprint density at radius 3 is 2.04 bits per heavy atom. The first-order valence-corrected chi connectivity index (χ1v) is 11.2. The number of carbonyl (C=O) groups is 2. The van der Waals surface area contributed by atoms with Gasteiger partial charge >= 0.3 is 5.97 Å². The molecular formula is C20H22BrNO5S. The molecule has 8 heteroatoms. The minimum Gasteiger partial charge on any atom is -0.427 e. The van der Waals surface area contributed by atoms with Crippen molar-refractivity contribution in [3.63, 3.8) is 0 Å². The number of ether oxygens (including phenoxy) is 1. The molecule has 6 nitrogen and oxygen atoms in total. The van der Waals surface area contributed by atoms with Gasteiger partial charge in [-0.1, -0.05) is 29.8 Å². The largest absolute Gasteiger partial charge is 0.427 e. The lowest BCUT2D eigenvalue weighted by Gasteiger charge is -2.23. The van der Waals surface area contributed by atoms with Crippen molar-refractivity contribution < 1.29 is 22.7 Å². The zero-order chi connectivity index (χ0) is 20.7. The van der Waals surface area contributed by atoms with Gasteiger partial charge in [-0.3, -0.25) is 9.59 Å². The summed E-state index contributed by atoms with van der Waals surface area (Å²) < 4.78 is 32.9. The molecule has 0 saturated carbocycles. The molecule has 150 valence electrons. The Hall–Kier alpha value is -2.19. The highest BCUT2D eigenvalue weighted by Crippen LogP contribution is 2.28. The molecule has 0 spiro atoms. The van der Waals surface area contributed by atoms with E-state index in [-0.39, 0.29) is 23.0 Å². The van der Waals surface area contributed by atoms with Crippen LogP contribution in [-0.4, -0.2) is 20.3 Å². The van der Waals surface area contributed by atoms with E-state index < -0.39 is 15.9 Å². The Labute approximate surface area is 173 Å². The monoisotopic (exact) mass is 467 g/mol. The summed E-state index contributed by atoms with van der Waals surface area (Å²) in [7, 11) is -4.08. The third-order valence-electron chi connectivity index (χ3n) is 3.80. The molecule has 0 aromatic heterocycles. The molecule has 2 aromatic rings. The van der Waals surface area contributed by atoms with Crippen LogP contribution in [0.5, 0.6) is 5.75 Å². The SMILES string of the molecule is CCCC(=O)Oc1ccc(N(C(=O)CCC)S(=O)(=O)c2ccc(Br)cc2)cc1. The van der Waals surface area contributed by atoms with Crippen molar-refractivity contribution in [2.24, 2.45) is 0 Å². The number of hydrogen-bond donors (Lipinski definition) is 0. The quantitative estimate of drug-likeness (QED) is 0.415. The van der Waals surface area contributed by atoms with E-state index in [2.05, 4.69) is 15.9 Å². The molecule has 0 N–H and O–H groups in total. The highest BCUT2D eigenvalue weighted by molar-refractivity contribution is 9.10. The van der Waals surface area contributed by atoms with Crippen molar-refractivity contribution in [2.45, 2.75) is 44.4 Å². The van der Waals surface area contributed by atoms with Crippen LogP contribution in [0.4, 0.5) is 5.69 Å². The standard InChI is InChI=1S/C20H22BrNO5S/c1-3-5-19(23)22(28(25,26)18-13-7-15(21)8-14-18)16-9-11-17(12-10-16)27-20(24)6-4-2/h7-14H,3-6H2,1-2H3. The fourth-order valence-electron chi connectivity index (χ4n) is 2.48. The maximum atomic E-state index is 13.1. The van der Waals surface area contributed by atoms with E-state index >= 15 is 0 Å². The molecule has 28 heavy (non-hydrogen) atoms. The van der Waals surface area contributed by atoms with Crippen LogP contribution < -0.4 is 9.04 Å². The minimum absolute atomic E-state index is 0.0126. The van der Waals surface area contributed by atoms with Crippen LogP contribution in [-0.2, 0) is 19.6 Å². The highest BCUT2D eigenvalue weighted by atomic mass is 79.9. The Balaban J connectivity index is 2.39. The average Bonchev–Trinajstić information content (AvgIpc) is 2.64. The first-order valence-electron chi connectivity index (χ1n) is 8.94. The van der Waals surface area contributed by atoms with Gasteiger partial charge in [0.15, 0.2) is 0 Å². The molecule has 0 aliphatic rings. The van der Waals surface area contributed by atoms with E-state index in [1.54, 1.807) is 19.1 Å².